The molecule has 1 aliphatic rings. The summed E-state index contributed by atoms with van der Waals surface area (Å²) in [6, 6.07) is 11.3. The van der Waals surface area contributed by atoms with E-state index in [1.54, 1.807) is 18.3 Å². The third-order valence-electron chi connectivity index (χ3n) is 4.69. The molecule has 1 fully saturated rings. The van der Waals surface area contributed by atoms with E-state index in [0.717, 1.165) is 16.6 Å². The minimum Gasteiger partial charge on any atom is -0.399 e. The lowest BCUT2D eigenvalue weighted by Gasteiger charge is -2.32. The van der Waals surface area contributed by atoms with Gasteiger partial charge in [0, 0.05) is 17.2 Å². The van der Waals surface area contributed by atoms with Gasteiger partial charge in [-0.15, -0.1) is 0 Å². The van der Waals surface area contributed by atoms with Crippen molar-refractivity contribution in [1.29, 1.82) is 5.26 Å². The van der Waals surface area contributed by atoms with Crippen LogP contribution in [0.2, 0.25) is 5.15 Å². The lowest BCUT2D eigenvalue weighted by Crippen LogP contribution is -2.41. The average Bonchev–Trinajstić information content (AvgIpc) is 2.76. The maximum atomic E-state index is 9.08. The van der Waals surface area contributed by atoms with Crippen LogP contribution >= 0.6 is 11.6 Å². The van der Waals surface area contributed by atoms with Crippen LogP contribution in [0.4, 0.5) is 0 Å². The molecule has 1 aliphatic heterocycles. The molecular formula is C18H18BClN2O2. The molecule has 3 rings (SSSR count). The van der Waals surface area contributed by atoms with Gasteiger partial charge >= 0.3 is 7.12 Å². The molecule has 24 heavy (non-hydrogen) atoms. The Labute approximate surface area is 147 Å². The molecule has 1 aromatic carbocycles. The number of nitrogens with zero attached hydrogens (tertiary/aromatic N) is 2. The van der Waals surface area contributed by atoms with Crippen molar-refractivity contribution < 1.29 is 9.31 Å². The number of hydrogen-bond acceptors (Lipinski definition) is 4. The van der Waals surface area contributed by atoms with Gasteiger partial charge in [0.2, 0.25) is 0 Å². The van der Waals surface area contributed by atoms with Gasteiger partial charge < -0.3 is 9.31 Å². The molecule has 0 atom stereocenters. The fourth-order valence-corrected chi connectivity index (χ4v) is 2.74. The van der Waals surface area contributed by atoms with Crippen molar-refractivity contribution in [3.05, 3.63) is 47.2 Å². The van der Waals surface area contributed by atoms with Gasteiger partial charge in [-0.25, -0.2) is 4.98 Å². The van der Waals surface area contributed by atoms with Crippen molar-refractivity contribution >= 4 is 24.2 Å². The van der Waals surface area contributed by atoms with Crippen molar-refractivity contribution in [3.63, 3.8) is 0 Å². The molecule has 0 saturated carbocycles. The SMILES string of the molecule is CC1(C)OB(c2cnc(Cl)c(-c3cccc(C#N)c3)c2)OC1(C)C. The van der Waals surface area contributed by atoms with Crippen LogP contribution < -0.4 is 5.46 Å². The van der Waals surface area contributed by atoms with Crippen LogP contribution in [0.25, 0.3) is 11.1 Å². The normalized spacial score (nSPS) is 18.4. The van der Waals surface area contributed by atoms with Gasteiger partial charge in [0.25, 0.3) is 0 Å². The Balaban J connectivity index is 2.00. The molecule has 2 heterocycles. The second-order valence-electron chi connectivity index (χ2n) is 6.89. The van der Waals surface area contributed by atoms with E-state index in [2.05, 4.69) is 11.1 Å². The summed E-state index contributed by atoms with van der Waals surface area (Å²) in [6.45, 7) is 8.03. The minimum absolute atomic E-state index is 0.380. The zero-order valence-corrected chi connectivity index (χ0v) is 14.9. The highest BCUT2D eigenvalue weighted by molar-refractivity contribution is 6.62. The van der Waals surface area contributed by atoms with Crippen LogP contribution in [0.15, 0.2) is 36.5 Å². The maximum absolute atomic E-state index is 9.08. The Bertz CT molecular complexity index is 814. The van der Waals surface area contributed by atoms with Gasteiger partial charge in [-0.1, -0.05) is 23.7 Å². The first-order valence-electron chi connectivity index (χ1n) is 7.75. The van der Waals surface area contributed by atoms with Crippen LogP contribution in [0, 0.1) is 11.3 Å². The summed E-state index contributed by atoms with van der Waals surface area (Å²) in [5.74, 6) is 0. The first-order chi connectivity index (χ1) is 11.2. The van der Waals surface area contributed by atoms with Crippen LogP contribution in [0.3, 0.4) is 0 Å². The van der Waals surface area contributed by atoms with Crippen LogP contribution in [-0.4, -0.2) is 23.3 Å². The zero-order chi connectivity index (χ0) is 17.5. The summed E-state index contributed by atoms with van der Waals surface area (Å²) in [5.41, 5.74) is 2.13. The maximum Gasteiger partial charge on any atom is 0.496 e. The van der Waals surface area contributed by atoms with Crippen molar-refractivity contribution in [2.75, 3.05) is 0 Å². The van der Waals surface area contributed by atoms with Gasteiger partial charge in [0.05, 0.1) is 22.8 Å². The monoisotopic (exact) mass is 340 g/mol. The van der Waals surface area contributed by atoms with Gasteiger partial charge in [-0.2, -0.15) is 5.26 Å². The van der Waals surface area contributed by atoms with Crippen LogP contribution in [0.5, 0.6) is 0 Å². The highest BCUT2D eigenvalue weighted by Crippen LogP contribution is 2.37. The van der Waals surface area contributed by atoms with E-state index < -0.39 is 18.3 Å². The molecule has 2 aromatic rings. The van der Waals surface area contributed by atoms with Gasteiger partial charge in [0.15, 0.2) is 0 Å². The summed E-state index contributed by atoms with van der Waals surface area (Å²) in [5, 5.41) is 9.46. The molecule has 4 nitrogen and oxygen atoms in total. The van der Waals surface area contributed by atoms with E-state index in [0.29, 0.717) is 10.7 Å². The number of aromatic nitrogens is 1. The first-order valence-corrected chi connectivity index (χ1v) is 8.13. The molecule has 0 amide bonds. The molecule has 1 saturated heterocycles. The van der Waals surface area contributed by atoms with Crippen molar-refractivity contribution in [2.45, 2.75) is 38.9 Å². The predicted molar refractivity (Wildman–Crippen MR) is 95.1 cm³/mol. The van der Waals surface area contributed by atoms with E-state index >= 15 is 0 Å². The Hall–Kier alpha value is -1.87. The number of hydrogen-bond donors (Lipinski definition) is 0. The average molecular weight is 341 g/mol. The topological polar surface area (TPSA) is 55.1 Å². The number of pyridine rings is 1. The molecule has 0 radical (unpaired) electrons. The van der Waals surface area contributed by atoms with Gasteiger partial charge in [0.1, 0.15) is 5.15 Å². The lowest BCUT2D eigenvalue weighted by molar-refractivity contribution is 0.00578. The standard InChI is InChI=1S/C18H18BClN2O2/c1-17(2)18(3,4)24-19(23-17)14-9-15(16(20)22-11-14)13-7-5-6-12(8-13)10-21/h5-9,11H,1-4H3. The van der Waals surface area contributed by atoms with Crippen molar-refractivity contribution in [1.82, 2.24) is 4.98 Å². The van der Waals surface area contributed by atoms with E-state index in [4.69, 9.17) is 26.2 Å². The van der Waals surface area contributed by atoms with Gasteiger partial charge in [-0.3, -0.25) is 0 Å². The number of nitriles is 1. The highest BCUT2D eigenvalue weighted by Gasteiger charge is 2.51. The minimum atomic E-state index is -0.502. The summed E-state index contributed by atoms with van der Waals surface area (Å²) < 4.78 is 12.1. The van der Waals surface area contributed by atoms with E-state index in [-0.39, 0.29) is 0 Å². The Morgan fingerprint density at radius 2 is 1.79 bits per heavy atom. The Morgan fingerprint density at radius 3 is 2.42 bits per heavy atom. The largest absolute Gasteiger partial charge is 0.496 e. The number of halogens is 1. The smallest absolute Gasteiger partial charge is 0.399 e. The molecular weight excluding hydrogens is 322 g/mol. The first kappa shape index (κ1) is 17.0. The molecule has 122 valence electrons. The molecule has 0 bridgehead atoms. The third kappa shape index (κ3) is 2.93. The molecule has 0 unspecified atom stereocenters. The lowest BCUT2D eigenvalue weighted by atomic mass is 9.79. The summed E-state index contributed by atoms with van der Waals surface area (Å²) in [6.07, 6.45) is 1.67. The summed E-state index contributed by atoms with van der Waals surface area (Å²) in [4.78, 5) is 4.27. The van der Waals surface area contributed by atoms with Crippen molar-refractivity contribution in [3.8, 4) is 17.2 Å². The summed E-state index contributed by atoms with van der Waals surface area (Å²) >= 11 is 6.27. The zero-order valence-electron chi connectivity index (χ0n) is 14.1. The second-order valence-corrected chi connectivity index (χ2v) is 7.25. The second kappa shape index (κ2) is 5.89. The molecule has 0 aliphatic carbocycles. The van der Waals surface area contributed by atoms with Crippen LogP contribution in [-0.2, 0) is 9.31 Å². The number of benzene rings is 1. The Kier molecular flexibility index (Phi) is 4.17. The summed E-state index contributed by atoms with van der Waals surface area (Å²) in [7, 11) is -0.502. The predicted octanol–water partition coefficient (Wildman–Crippen LogP) is 3.57. The molecule has 0 spiro atoms. The fraction of sp³-hybridized carbons (Fsp3) is 0.333. The Morgan fingerprint density at radius 1 is 1.12 bits per heavy atom. The molecule has 1 aromatic heterocycles. The quantitative estimate of drug-likeness (QED) is 0.619. The van der Waals surface area contributed by atoms with Gasteiger partial charge in [-0.05, 0) is 51.5 Å². The highest BCUT2D eigenvalue weighted by atomic mass is 35.5. The fourth-order valence-electron chi connectivity index (χ4n) is 2.53. The van der Waals surface area contributed by atoms with Crippen molar-refractivity contribution in [2.24, 2.45) is 0 Å². The van der Waals surface area contributed by atoms with E-state index in [1.165, 1.54) is 0 Å². The third-order valence-corrected chi connectivity index (χ3v) is 4.99. The van der Waals surface area contributed by atoms with Crippen LogP contribution in [0.1, 0.15) is 33.3 Å². The molecule has 0 N–H and O–H groups in total. The van der Waals surface area contributed by atoms with E-state index in [1.807, 2.05) is 45.9 Å². The molecule has 6 heteroatoms. The number of rotatable bonds is 2. The van der Waals surface area contributed by atoms with E-state index in [9.17, 15) is 0 Å².